The van der Waals surface area contributed by atoms with Gasteiger partial charge >= 0.3 is 0 Å². The molecule has 6 nitrogen and oxygen atoms in total. The Balaban J connectivity index is 1.79. The zero-order valence-electron chi connectivity index (χ0n) is 15.0. The van der Waals surface area contributed by atoms with E-state index in [4.69, 9.17) is 0 Å². The van der Waals surface area contributed by atoms with E-state index in [1.54, 1.807) is 11.1 Å². The van der Waals surface area contributed by atoms with E-state index in [9.17, 15) is 9.59 Å². The van der Waals surface area contributed by atoms with Gasteiger partial charge in [-0.15, -0.1) is 0 Å². The van der Waals surface area contributed by atoms with Gasteiger partial charge in [-0.25, -0.2) is 9.97 Å². The van der Waals surface area contributed by atoms with E-state index in [-0.39, 0.29) is 23.1 Å². The molecular formula is C18H26N4O2. The Hall–Kier alpha value is -1.98. The Morgan fingerprint density at radius 3 is 2.71 bits per heavy atom. The van der Waals surface area contributed by atoms with E-state index in [1.165, 1.54) is 0 Å². The van der Waals surface area contributed by atoms with Gasteiger partial charge in [0, 0.05) is 38.8 Å². The average Bonchev–Trinajstić information content (AvgIpc) is 2.97. The molecule has 2 aliphatic rings. The lowest BCUT2D eigenvalue weighted by Gasteiger charge is -2.37. The van der Waals surface area contributed by atoms with Gasteiger partial charge in [0.15, 0.2) is 0 Å². The fraction of sp³-hybridized carbons (Fsp3) is 0.667. The van der Waals surface area contributed by atoms with Gasteiger partial charge in [-0.05, 0) is 26.2 Å². The molecule has 2 amide bonds. The van der Waals surface area contributed by atoms with Crippen LogP contribution >= 0.6 is 0 Å². The zero-order chi connectivity index (χ0) is 17.5. The lowest BCUT2D eigenvalue weighted by atomic mass is 9.78. The Morgan fingerprint density at radius 1 is 1.29 bits per heavy atom. The summed E-state index contributed by atoms with van der Waals surface area (Å²) in [7, 11) is 1.86. The molecule has 3 heterocycles. The van der Waals surface area contributed by atoms with Gasteiger partial charge in [0.2, 0.25) is 5.91 Å². The molecule has 0 aliphatic carbocycles. The minimum Gasteiger partial charge on any atom is -0.345 e. The number of amides is 2. The van der Waals surface area contributed by atoms with Gasteiger partial charge in [-0.3, -0.25) is 9.59 Å². The minimum absolute atomic E-state index is 0.0549. The molecule has 0 aromatic carbocycles. The van der Waals surface area contributed by atoms with Crippen LogP contribution in [0.5, 0.6) is 0 Å². The lowest BCUT2D eigenvalue weighted by molar-refractivity contribution is -0.143. The third-order valence-corrected chi connectivity index (χ3v) is 5.34. The molecule has 24 heavy (non-hydrogen) atoms. The van der Waals surface area contributed by atoms with E-state index < -0.39 is 0 Å². The monoisotopic (exact) mass is 330 g/mol. The first-order chi connectivity index (χ1) is 11.3. The van der Waals surface area contributed by atoms with Crippen molar-refractivity contribution in [3.63, 3.8) is 0 Å². The summed E-state index contributed by atoms with van der Waals surface area (Å²) in [6, 6.07) is 0. The summed E-state index contributed by atoms with van der Waals surface area (Å²) in [4.78, 5) is 37.9. The van der Waals surface area contributed by atoms with Crippen molar-refractivity contribution in [2.75, 3.05) is 26.7 Å². The summed E-state index contributed by atoms with van der Waals surface area (Å²) in [5.74, 6) is 1.12. The molecule has 2 fully saturated rings. The number of piperidine rings is 1. The first kappa shape index (κ1) is 16.9. The van der Waals surface area contributed by atoms with Crippen LogP contribution in [0.3, 0.4) is 0 Å². The highest BCUT2D eigenvalue weighted by atomic mass is 16.2. The molecule has 0 radical (unpaired) electrons. The smallest absolute Gasteiger partial charge is 0.257 e. The van der Waals surface area contributed by atoms with Crippen LogP contribution in [0.2, 0.25) is 0 Å². The predicted octanol–water partition coefficient (Wildman–Crippen LogP) is 1.99. The van der Waals surface area contributed by atoms with Crippen LogP contribution < -0.4 is 0 Å². The third kappa shape index (κ3) is 2.78. The maximum Gasteiger partial charge on any atom is 0.257 e. The molecule has 0 N–H and O–H groups in total. The second-order valence-electron chi connectivity index (χ2n) is 7.47. The second-order valence-corrected chi connectivity index (χ2v) is 7.47. The molecule has 1 aromatic rings. The molecule has 1 unspecified atom stereocenters. The summed E-state index contributed by atoms with van der Waals surface area (Å²) >= 11 is 0. The molecule has 3 rings (SSSR count). The minimum atomic E-state index is -0.380. The highest BCUT2D eigenvalue weighted by Gasteiger charge is 2.48. The standard InChI is InChI=1S/C18H26N4O2/c1-12(2)15-19-10-14(13(3)20-15)16(23)22-9-7-18(11-22)6-5-8-21(4)17(18)24/h10,12H,5-9,11H2,1-4H3. The topological polar surface area (TPSA) is 66.4 Å². The highest BCUT2D eigenvalue weighted by molar-refractivity contribution is 5.96. The van der Waals surface area contributed by atoms with Crippen LogP contribution in [-0.2, 0) is 4.79 Å². The molecule has 130 valence electrons. The predicted molar refractivity (Wildman–Crippen MR) is 90.7 cm³/mol. The van der Waals surface area contributed by atoms with E-state index in [0.29, 0.717) is 24.3 Å². The van der Waals surface area contributed by atoms with E-state index in [0.717, 1.165) is 31.6 Å². The molecular weight excluding hydrogens is 304 g/mol. The Kier molecular flexibility index (Phi) is 4.32. The van der Waals surface area contributed by atoms with E-state index in [2.05, 4.69) is 9.97 Å². The van der Waals surface area contributed by atoms with Gasteiger partial charge < -0.3 is 9.80 Å². The molecule has 2 aliphatic heterocycles. The quantitative estimate of drug-likeness (QED) is 0.832. The molecule has 1 atom stereocenters. The van der Waals surface area contributed by atoms with E-state index >= 15 is 0 Å². The van der Waals surface area contributed by atoms with Crippen molar-refractivity contribution < 1.29 is 9.59 Å². The maximum atomic E-state index is 12.9. The number of hydrogen-bond donors (Lipinski definition) is 0. The van der Waals surface area contributed by atoms with Crippen molar-refractivity contribution in [1.82, 2.24) is 19.8 Å². The van der Waals surface area contributed by atoms with Gasteiger partial charge in [0.1, 0.15) is 5.82 Å². The first-order valence-electron chi connectivity index (χ1n) is 8.72. The van der Waals surface area contributed by atoms with E-state index in [1.807, 2.05) is 32.7 Å². The first-order valence-corrected chi connectivity index (χ1v) is 8.72. The number of rotatable bonds is 2. The number of carbonyl (C=O) groups excluding carboxylic acids is 2. The normalized spacial score (nSPS) is 24.3. The second kappa shape index (κ2) is 6.15. The maximum absolute atomic E-state index is 12.9. The Bertz CT molecular complexity index is 673. The van der Waals surface area contributed by atoms with Crippen LogP contribution in [0.4, 0.5) is 0 Å². The lowest BCUT2D eigenvalue weighted by Crippen LogP contribution is -2.48. The largest absolute Gasteiger partial charge is 0.345 e. The van der Waals surface area contributed by atoms with Crippen molar-refractivity contribution >= 4 is 11.8 Å². The summed E-state index contributed by atoms with van der Waals surface area (Å²) in [6.45, 7) is 7.88. The van der Waals surface area contributed by atoms with Gasteiger partial charge in [0.05, 0.1) is 16.7 Å². The number of likely N-dealkylation sites (tertiary alicyclic amines) is 2. The van der Waals surface area contributed by atoms with Crippen LogP contribution in [0.15, 0.2) is 6.20 Å². The van der Waals surface area contributed by atoms with Crippen LogP contribution in [0.25, 0.3) is 0 Å². The van der Waals surface area contributed by atoms with Crippen molar-refractivity contribution in [2.45, 2.75) is 46.0 Å². The molecule has 0 saturated carbocycles. The summed E-state index contributed by atoms with van der Waals surface area (Å²) in [5, 5.41) is 0. The average molecular weight is 330 g/mol. The van der Waals surface area contributed by atoms with Crippen LogP contribution in [0.1, 0.15) is 60.9 Å². The molecule has 0 bridgehead atoms. The molecule has 1 spiro atoms. The van der Waals surface area contributed by atoms with Crippen molar-refractivity contribution in [3.8, 4) is 0 Å². The van der Waals surface area contributed by atoms with Crippen molar-refractivity contribution in [3.05, 3.63) is 23.3 Å². The molecule has 2 saturated heterocycles. The SMILES string of the molecule is Cc1nc(C(C)C)ncc1C(=O)N1CCC2(CCCN(C)C2=O)C1. The van der Waals surface area contributed by atoms with Gasteiger partial charge in [-0.2, -0.15) is 0 Å². The number of hydrogen-bond acceptors (Lipinski definition) is 4. The molecule has 1 aromatic heterocycles. The summed E-state index contributed by atoms with van der Waals surface area (Å²) in [5.41, 5.74) is 0.884. The number of aromatic nitrogens is 2. The van der Waals surface area contributed by atoms with Gasteiger partial charge in [0.25, 0.3) is 5.91 Å². The molecule has 6 heteroatoms. The van der Waals surface area contributed by atoms with Crippen molar-refractivity contribution in [2.24, 2.45) is 5.41 Å². The zero-order valence-corrected chi connectivity index (χ0v) is 15.0. The van der Waals surface area contributed by atoms with Crippen LogP contribution in [0, 0.1) is 12.3 Å². The number of nitrogens with zero attached hydrogens (tertiary/aromatic N) is 4. The number of aryl methyl sites for hydroxylation is 1. The summed E-state index contributed by atoms with van der Waals surface area (Å²) in [6.07, 6.45) is 4.28. The van der Waals surface area contributed by atoms with Crippen molar-refractivity contribution in [1.29, 1.82) is 0 Å². The fourth-order valence-electron chi connectivity index (χ4n) is 3.84. The van der Waals surface area contributed by atoms with Gasteiger partial charge in [-0.1, -0.05) is 13.8 Å². The third-order valence-electron chi connectivity index (χ3n) is 5.34. The summed E-state index contributed by atoms with van der Waals surface area (Å²) < 4.78 is 0. The Labute approximate surface area is 143 Å². The number of carbonyl (C=O) groups is 2. The fourth-order valence-corrected chi connectivity index (χ4v) is 3.84. The Morgan fingerprint density at radius 2 is 2.04 bits per heavy atom. The van der Waals surface area contributed by atoms with Crippen LogP contribution in [-0.4, -0.2) is 58.3 Å². The highest BCUT2D eigenvalue weighted by Crippen LogP contribution is 2.40.